The minimum atomic E-state index is -0.235. The fourth-order valence-electron chi connectivity index (χ4n) is 1.72. The Morgan fingerprint density at radius 2 is 2.20 bits per heavy atom. The van der Waals surface area contributed by atoms with Crippen LogP contribution < -0.4 is 5.73 Å². The van der Waals surface area contributed by atoms with Gasteiger partial charge in [-0.15, -0.1) is 0 Å². The maximum absolute atomic E-state index is 13.0. The summed E-state index contributed by atoms with van der Waals surface area (Å²) in [4.78, 5) is 0. The molecule has 15 heavy (non-hydrogen) atoms. The second kappa shape index (κ2) is 6.09. The molecule has 0 aliphatic rings. The Morgan fingerprint density at radius 1 is 1.47 bits per heavy atom. The predicted octanol–water partition coefficient (Wildman–Crippen LogP) is 3.40. The van der Waals surface area contributed by atoms with Crippen LogP contribution in [0.25, 0.3) is 0 Å². The van der Waals surface area contributed by atoms with E-state index < -0.39 is 0 Å². The van der Waals surface area contributed by atoms with Gasteiger partial charge in [-0.2, -0.15) is 0 Å². The zero-order valence-corrected chi connectivity index (χ0v) is 9.73. The van der Waals surface area contributed by atoms with Gasteiger partial charge in [0.15, 0.2) is 0 Å². The lowest BCUT2D eigenvalue weighted by Crippen LogP contribution is -2.16. The highest BCUT2D eigenvalue weighted by molar-refractivity contribution is 6.31. The lowest BCUT2D eigenvalue weighted by molar-refractivity contribution is 0.486. The monoisotopic (exact) mass is 229 g/mol. The van der Waals surface area contributed by atoms with E-state index in [0.717, 1.165) is 24.8 Å². The average Bonchev–Trinajstić information content (AvgIpc) is 2.22. The summed E-state index contributed by atoms with van der Waals surface area (Å²) in [7, 11) is 0. The van der Waals surface area contributed by atoms with Crippen LogP contribution in [-0.2, 0) is 6.42 Å². The predicted molar refractivity (Wildman–Crippen MR) is 62.6 cm³/mol. The molecule has 0 fully saturated rings. The Kier molecular flexibility index (Phi) is 5.06. The lowest BCUT2D eigenvalue weighted by Gasteiger charge is -2.14. The van der Waals surface area contributed by atoms with Crippen molar-refractivity contribution in [2.24, 2.45) is 11.7 Å². The van der Waals surface area contributed by atoms with E-state index in [4.69, 9.17) is 17.3 Å². The second-order valence-electron chi connectivity index (χ2n) is 3.83. The first-order chi connectivity index (χ1) is 7.17. The SMILES string of the molecule is CCCC(CN)Cc1cc(F)ccc1Cl. The van der Waals surface area contributed by atoms with E-state index in [1.165, 1.54) is 12.1 Å². The van der Waals surface area contributed by atoms with Crippen LogP contribution >= 0.6 is 11.6 Å². The van der Waals surface area contributed by atoms with Gasteiger partial charge in [-0.3, -0.25) is 0 Å². The summed E-state index contributed by atoms with van der Waals surface area (Å²) in [6.45, 7) is 2.75. The molecule has 1 aromatic carbocycles. The van der Waals surface area contributed by atoms with E-state index in [0.29, 0.717) is 17.5 Å². The van der Waals surface area contributed by atoms with Crippen LogP contribution in [0.2, 0.25) is 5.02 Å². The molecule has 0 aliphatic heterocycles. The van der Waals surface area contributed by atoms with Gasteiger partial charge in [-0.25, -0.2) is 4.39 Å². The first-order valence-corrected chi connectivity index (χ1v) is 5.69. The minimum Gasteiger partial charge on any atom is -0.330 e. The molecular weight excluding hydrogens is 213 g/mol. The van der Waals surface area contributed by atoms with Crippen LogP contribution in [0.4, 0.5) is 4.39 Å². The molecular formula is C12H17ClFN. The zero-order valence-electron chi connectivity index (χ0n) is 8.97. The maximum atomic E-state index is 13.0. The van der Waals surface area contributed by atoms with Crippen molar-refractivity contribution < 1.29 is 4.39 Å². The molecule has 0 spiro atoms. The summed E-state index contributed by atoms with van der Waals surface area (Å²) < 4.78 is 13.0. The fraction of sp³-hybridized carbons (Fsp3) is 0.500. The fourth-order valence-corrected chi connectivity index (χ4v) is 1.92. The molecule has 1 aromatic rings. The molecule has 1 atom stereocenters. The first-order valence-electron chi connectivity index (χ1n) is 5.31. The van der Waals surface area contributed by atoms with Gasteiger partial charge in [0.1, 0.15) is 5.82 Å². The Hall–Kier alpha value is -0.600. The van der Waals surface area contributed by atoms with Crippen molar-refractivity contribution in [3.05, 3.63) is 34.6 Å². The van der Waals surface area contributed by atoms with Gasteiger partial charge < -0.3 is 5.73 Å². The topological polar surface area (TPSA) is 26.0 Å². The number of benzene rings is 1. The van der Waals surface area contributed by atoms with Crippen molar-refractivity contribution in [1.82, 2.24) is 0 Å². The van der Waals surface area contributed by atoms with Crippen LogP contribution in [0.3, 0.4) is 0 Å². The molecule has 3 heteroatoms. The van der Waals surface area contributed by atoms with E-state index >= 15 is 0 Å². The Labute approximate surface area is 95.4 Å². The summed E-state index contributed by atoms with van der Waals surface area (Å²) in [5.41, 5.74) is 6.52. The number of hydrogen-bond donors (Lipinski definition) is 1. The van der Waals surface area contributed by atoms with Crippen LogP contribution in [-0.4, -0.2) is 6.54 Å². The average molecular weight is 230 g/mol. The van der Waals surface area contributed by atoms with Gasteiger partial charge in [-0.1, -0.05) is 24.9 Å². The van der Waals surface area contributed by atoms with Gasteiger partial charge in [0, 0.05) is 5.02 Å². The highest BCUT2D eigenvalue weighted by Gasteiger charge is 2.10. The molecule has 2 N–H and O–H groups in total. The van der Waals surface area contributed by atoms with Crippen LogP contribution in [0, 0.1) is 11.7 Å². The third-order valence-corrected chi connectivity index (χ3v) is 2.92. The molecule has 0 aliphatic carbocycles. The summed E-state index contributed by atoms with van der Waals surface area (Å²) >= 11 is 5.99. The largest absolute Gasteiger partial charge is 0.330 e. The normalized spacial score (nSPS) is 12.8. The smallest absolute Gasteiger partial charge is 0.123 e. The van der Waals surface area contributed by atoms with Gasteiger partial charge in [0.05, 0.1) is 0 Å². The maximum Gasteiger partial charge on any atom is 0.123 e. The molecule has 0 aromatic heterocycles. The number of nitrogens with two attached hydrogens (primary N) is 1. The number of hydrogen-bond acceptors (Lipinski definition) is 1. The Balaban J connectivity index is 2.73. The van der Waals surface area contributed by atoms with E-state index in [1.54, 1.807) is 6.07 Å². The number of rotatable bonds is 5. The van der Waals surface area contributed by atoms with E-state index in [1.807, 2.05) is 0 Å². The van der Waals surface area contributed by atoms with Crippen molar-refractivity contribution in [1.29, 1.82) is 0 Å². The Bertz CT molecular complexity index is 314. The van der Waals surface area contributed by atoms with Crippen LogP contribution in [0.1, 0.15) is 25.3 Å². The number of halogens is 2. The van der Waals surface area contributed by atoms with E-state index in [9.17, 15) is 4.39 Å². The molecule has 1 nitrogen and oxygen atoms in total. The molecule has 0 saturated heterocycles. The van der Waals surface area contributed by atoms with Gasteiger partial charge in [-0.05, 0) is 49.1 Å². The summed E-state index contributed by atoms with van der Waals surface area (Å²) in [5.74, 6) is 0.163. The van der Waals surface area contributed by atoms with Crippen molar-refractivity contribution in [2.75, 3.05) is 6.54 Å². The summed E-state index contributed by atoms with van der Waals surface area (Å²) in [6, 6.07) is 4.48. The van der Waals surface area contributed by atoms with Crippen molar-refractivity contribution in [2.45, 2.75) is 26.2 Å². The molecule has 0 heterocycles. The van der Waals surface area contributed by atoms with E-state index in [2.05, 4.69) is 6.92 Å². The standard InChI is InChI=1S/C12H17ClFN/c1-2-3-9(8-15)6-10-7-11(14)4-5-12(10)13/h4-5,7,9H,2-3,6,8,15H2,1H3. The molecule has 1 unspecified atom stereocenters. The molecule has 84 valence electrons. The zero-order chi connectivity index (χ0) is 11.3. The molecule has 0 saturated carbocycles. The lowest BCUT2D eigenvalue weighted by atomic mass is 9.95. The summed E-state index contributed by atoms with van der Waals surface area (Å²) in [5, 5.41) is 0.631. The molecule has 0 bridgehead atoms. The third-order valence-electron chi connectivity index (χ3n) is 2.55. The van der Waals surface area contributed by atoms with E-state index in [-0.39, 0.29) is 5.82 Å². The molecule has 0 radical (unpaired) electrons. The minimum absolute atomic E-state index is 0.235. The van der Waals surface area contributed by atoms with Gasteiger partial charge >= 0.3 is 0 Å². The van der Waals surface area contributed by atoms with Crippen molar-refractivity contribution in [3.8, 4) is 0 Å². The molecule has 1 rings (SSSR count). The summed E-state index contributed by atoms with van der Waals surface area (Å²) in [6.07, 6.45) is 2.92. The van der Waals surface area contributed by atoms with Crippen molar-refractivity contribution in [3.63, 3.8) is 0 Å². The van der Waals surface area contributed by atoms with Gasteiger partial charge in [0.2, 0.25) is 0 Å². The highest BCUT2D eigenvalue weighted by Crippen LogP contribution is 2.21. The first kappa shape index (κ1) is 12.5. The third kappa shape index (κ3) is 3.80. The van der Waals surface area contributed by atoms with Crippen molar-refractivity contribution >= 4 is 11.6 Å². The molecule has 0 amide bonds. The van der Waals surface area contributed by atoms with Crippen LogP contribution in [0.15, 0.2) is 18.2 Å². The quantitative estimate of drug-likeness (QED) is 0.823. The Morgan fingerprint density at radius 3 is 2.80 bits per heavy atom. The second-order valence-corrected chi connectivity index (χ2v) is 4.24. The van der Waals surface area contributed by atoms with Crippen LogP contribution in [0.5, 0.6) is 0 Å². The highest BCUT2D eigenvalue weighted by atomic mass is 35.5. The van der Waals surface area contributed by atoms with Gasteiger partial charge in [0.25, 0.3) is 0 Å².